The smallest absolute Gasteiger partial charge is 0.0717 e. The molecule has 0 aromatic carbocycles. The summed E-state index contributed by atoms with van der Waals surface area (Å²) in [6, 6.07) is 0. The molecule has 216 valence electrons. The second kappa shape index (κ2) is 19.3. The average molecular weight is 665 g/mol. The van der Waals surface area contributed by atoms with E-state index in [9.17, 15) is 0 Å². The standard InChI is InChI=1S/C30H48S8/c1-3-5-7-9-11-13-15-17-19-23-21-31-25-27(33-23)37-29(35-25)30-36-26-28(38-30)34-24(22-32-26)20-18-16-14-12-10-8-6-4-2/h23-24H,3-22H2,1-2H3/b30-29+. The lowest BCUT2D eigenvalue weighted by atomic mass is 10.1. The molecule has 4 heterocycles. The van der Waals surface area contributed by atoms with Gasteiger partial charge in [0.15, 0.2) is 0 Å². The third-order valence-corrected chi connectivity index (χ3v) is 20.1. The van der Waals surface area contributed by atoms with Gasteiger partial charge in [-0.15, -0.1) is 47.0 Å². The molecule has 0 saturated carbocycles. The maximum absolute atomic E-state index is 2.31. The molecule has 0 saturated heterocycles. The number of rotatable bonds is 18. The van der Waals surface area contributed by atoms with Crippen molar-refractivity contribution < 1.29 is 0 Å². The Labute approximate surface area is 268 Å². The first-order valence-corrected chi connectivity index (χ1v) is 22.3. The Morgan fingerprint density at radius 3 is 1.16 bits per heavy atom. The number of thioether (sulfide) groups is 8. The normalized spacial score (nSPS) is 25.4. The predicted molar refractivity (Wildman–Crippen MR) is 194 cm³/mol. The SMILES string of the molecule is CCCCCCCCCCC1CSC2=C(S/C(=C3\SC4=C(S3)SC(CCCCCCCCCC)CS4)S2)S1. The first-order chi connectivity index (χ1) is 18.8. The van der Waals surface area contributed by atoms with E-state index in [4.69, 9.17) is 0 Å². The summed E-state index contributed by atoms with van der Waals surface area (Å²) < 4.78 is 9.61. The lowest BCUT2D eigenvalue weighted by Crippen LogP contribution is -2.09. The van der Waals surface area contributed by atoms with Gasteiger partial charge < -0.3 is 0 Å². The van der Waals surface area contributed by atoms with Crippen LogP contribution in [0.15, 0.2) is 25.4 Å². The van der Waals surface area contributed by atoms with Crippen molar-refractivity contribution in [3.8, 4) is 0 Å². The minimum Gasteiger partial charge on any atom is -0.116 e. The molecular weight excluding hydrogens is 617 g/mol. The van der Waals surface area contributed by atoms with Crippen LogP contribution in [0.2, 0.25) is 0 Å². The van der Waals surface area contributed by atoms with E-state index in [0.29, 0.717) is 0 Å². The maximum atomic E-state index is 2.31. The van der Waals surface area contributed by atoms with Gasteiger partial charge in [-0.2, -0.15) is 0 Å². The van der Waals surface area contributed by atoms with E-state index in [2.05, 4.69) is 108 Å². The van der Waals surface area contributed by atoms with Crippen LogP contribution >= 0.6 is 94.1 Å². The third-order valence-electron chi connectivity index (χ3n) is 7.35. The molecule has 0 bridgehead atoms. The van der Waals surface area contributed by atoms with Crippen molar-refractivity contribution in [1.82, 2.24) is 0 Å². The number of unbranched alkanes of at least 4 members (excludes halogenated alkanes) is 14. The van der Waals surface area contributed by atoms with Gasteiger partial charge in [0.2, 0.25) is 0 Å². The van der Waals surface area contributed by atoms with E-state index in [1.165, 1.54) is 127 Å². The van der Waals surface area contributed by atoms with E-state index in [1.54, 1.807) is 25.4 Å². The Bertz CT molecular complexity index is 751. The highest BCUT2D eigenvalue weighted by Gasteiger charge is 2.36. The van der Waals surface area contributed by atoms with Crippen LogP contribution in [0.1, 0.15) is 129 Å². The van der Waals surface area contributed by atoms with Gasteiger partial charge in [-0.3, -0.25) is 0 Å². The molecule has 0 N–H and O–H groups in total. The van der Waals surface area contributed by atoms with Crippen LogP contribution < -0.4 is 0 Å². The summed E-state index contributed by atoms with van der Waals surface area (Å²) in [4.78, 5) is 0. The molecule has 2 atom stereocenters. The van der Waals surface area contributed by atoms with Crippen molar-refractivity contribution in [3.05, 3.63) is 25.4 Å². The van der Waals surface area contributed by atoms with Gasteiger partial charge in [0.05, 0.1) is 25.4 Å². The molecule has 0 fully saturated rings. The van der Waals surface area contributed by atoms with E-state index in [0.717, 1.165) is 10.5 Å². The summed E-state index contributed by atoms with van der Waals surface area (Å²) >= 11 is 17.1. The predicted octanol–water partition coefficient (Wildman–Crippen LogP) is 14.1. The van der Waals surface area contributed by atoms with Crippen LogP contribution in [0.4, 0.5) is 0 Å². The van der Waals surface area contributed by atoms with Crippen molar-refractivity contribution in [2.75, 3.05) is 11.5 Å². The first-order valence-electron chi connectivity index (χ1n) is 15.3. The lowest BCUT2D eigenvalue weighted by Gasteiger charge is -2.21. The quantitative estimate of drug-likeness (QED) is 0.131. The van der Waals surface area contributed by atoms with Crippen LogP contribution in [0, 0.1) is 0 Å². The van der Waals surface area contributed by atoms with Gasteiger partial charge in [0.1, 0.15) is 0 Å². The molecule has 0 radical (unpaired) electrons. The number of hydrogen-bond donors (Lipinski definition) is 0. The zero-order valence-electron chi connectivity index (χ0n) is 23.6. The van der Waals surface area contributed by atoms with Crippen molar-refractivity contribution >= 4 is 94.1 Å². The minimum atomic E-state index is 0.828. The zero-order valence-corrected chi connectivity index (χ0v) is 30.1. The van der Waals surface area contributed by atoms with Crippen molar-refractivity contribution in [1.29, 1.82) is 0 Å². The van der Waals surface area contributed by atoms with Crippen LogP contribution in [0.25, 0.3) is 0 Å². The largest absolute Gasteiger partial charge is 0.116 e. The molecule has 2 unspecified atom stereocenters. The van der Waals surface area contributed by atoms with Crippen LogP contribution in [0.5, 0.6) is 0 Å². The first kappa shape index (κ1) is 32.9. The van der Waals surface area contributed by atoms with E-state index < -0.39 is 0 Å². The summed E-state index contributed by atoms with van der Waals surface area (Å²) in [5, 5.41) is 1.66. The Hall–Kier alpha value is 2.02. The molecule has 0 aromatic rings. The summed E-state index contributed by atoms with van der Waals surface area (Å²) in [5.74, 6) is 2.63. The molecule has 38 heavy (non-hydrogen) atoms. The molecule has 8 heteroatoms. The van der Waals surface area contributed by atoms with Gasteiger partial charge in [-0.1, -0.05) is 164 Å². The van der Waals surface area contributed by atoms with Crippen LogP contribution in [-0.4, -0.2) is 22.0 Å². The zero-order chi connectivity index (χ0) is 26.4. The van der Waals surface area contributed by atoms with Gasteiger partial charge in [-0.05, 0) is 12.8 Å². The molecule has 4 aliphatic rings. The molecular formula is C30H48S8. The average Bonchev–Trinajstić information content (AvgIpc) is 3.55. The van der Waals surface area contributed by atoms with Gasteiger partial charge in [0.25, 0.3) is 0 Å². The maximum Gasteiger partial charge on any atom is 0.0717 e. The highest BCUT2D eigenvalue weighted by Crippen LogP contribution is 2.69. The van der Waals surface area contributed by atoms with Gasteiger partial charge in [0, 0.05) is 22.0 Å². The fraction of sp³-hybridized carbons (Fsp3) is 0.800. The van der Waals surface area contributed by atoms with Crippen molar-refractivity contribution in [2.24, 2.45) is 0 Å². The fourth-order valence-corrected chi connectivity index (χ4v) is 18.3. The summed E-state index contributed by atoms with van der Waals surface area (Å²) in [6.07, 6.45) is 25.7. The third kappa shape index (κ3) is 11.3. The van der Waals surface area contributed by atoms with E-state index >= 15 is 0 Å². The molecule has 0 nitrogen and oxygen atoms in total. The Morgan fingerprint density at radius 2 is 0.763 bits per heavy atom. The molecule has 4 aliphatic heterocycles. The highest BCUT2D eigenvalue weighted by molar-refractivity contribution is 8.45. The highest BCUT2D eigenvalue weighted by atomic mass is 32.3. The van der Waals surface area contributed by atoms with Crippen LogP contribution in [-0.2, 0) is 0 Å². The molecule has 4 rings (SSSR count). The molecule has 0 aromatic heterocycles. The number of hydrogen-bond acceptors (Lipinski definition) is 8. The lowest BCUT2D eigenvalue weighted by molar-refractivity contribution is 0.565. The second-order valence-corrected chi connectivity index (χ2v) is 21.1. The van der Waals surface area contributed by atoms with Crippen molar-refractivity contribution in [2.45, 2.75) is 140 Å². The topological polar surface area (TPSA) is 0 Å². The molecule has 0 spiro atoms. The summed E-state index contributed by atoms with van der Waals surface area (Å²) in [7, 11) is 0. The van der Waals surface area contributed by atoms with E-state index in [-0.39, 0.29) is 0 Å². The Kier molecular flexibility index (Phi) is 16.7. The summed E-state index contributed by atoms with van der Waals surface area (Å²) in [6.45, 7) is 4.62. The Morgan fingerprint density at radius 1 is 0.421 bits per heavy atom. The van der Waals surface area contributed by atoms with Crippen LogP contribution in [0.3, 0.4) is 0 Å². The second-order valence-electron chi connectivity index (χ2n) is 10.8. The van der Waals surface area contributed by atoms with Crippen molar-refractivity contribution in [3.63, 3.8) is 0 Å². The van der Waals surface area contributed by atoms with Gasteiger partial charge in [-0.25, -0.2) is 0 Å². The summed E-state index contributed by atoms with van der Waals surface area (Å²) in [5.41, 5.74) is 0. The monoisotopic (exact) mass is 664 g/mol. The minimum absolute atomic E-state index is 0.828. The Balaban J connectivity index is 1.10. The van der Waals surface area contributed by atoms with Gasteiger partial charge >= 0.3 is 0 Å². The molecule has 0 aliphatic carbocycles. The fourth-order valence-electron chi connectivity index (χ4n) is 5.04. The molecule has 0 amide bonds. The van der Waals surface area contributed by atoms with E-state index in [1.807, 2.05) is 0 Å².